The molecule has 0 unspecified atom stereocenters. The van der Waals surface area contributed by atoms with Crippen LogP contribution in [-0.4, -0.2) is 25.1 Å². The molecule has 0 radical (unpaired) electrons. The van der Waals surface area contributed by atoms with Gasteiger partial charge in [-0.2, -0.15) is 0 Å². The lowest BCUT2D eigenvalue weighted by Gasteiger charge is -2.05. The van der Waals surface area contributed by atoms with Gasteiger partial charge in [0.05, 0.1) is 17.2 Å². The van der Waals surface area contributed by atoms with E-state index >= 15 is 0 Å². The van der Waals surface area contributed by atoms with Crippen LogP contribution in [-0.2, 0) is 4.84 Å². The van der Waals surface area contributed by atoms with E-state index < -0.39 is 6.03 Å². The number of nitrogens with one attached hydrogen (secondary N) is 3. The number of anilines is 1. The number of carbonyl (C=O) groups is 2. The maximum absolute atomic E-state index is 11.6. The molecule has 0 spiro atoms. The molecule has 0 bridgehead atoms. The Hall–Kier alpha value is -1.60. The Labute approximate surface area is 110 Å². The second-order valence-corrected chi connectivity index (χ2v) is 4.69. The maximum atomic E-state index is 11.6. The van der Waals surface area contributed by atoms with Crippen LogP contribution in [0.1, 0.15) is 28.4 Å². The van der Waals surface area contributed by atoms with Crippen molar-refractivity contribution < 1.29 is 14.4 Å². The number of hydrogen-bond donors (Lipinski definition) is 3. The van der Waals surface area contributed by atoms with E-state index in [1.807, 2.05) is 13.8 Å². The topological polar surface area (TPSA) is 79.5 Å². The van der Waals surface area contributed by atoms with E-state index in [2.05, 4.69) is 16.1 Å². The molecule has 0 saturated heterocycles. The van der Waals surface area contributed by atoms with Crippen LogP contribution in [0.5, 0.6) is 0 Å². The lowest BCUT2D eigenvalue weighted by molar-refractivity contribution is 0.0758. The van der Waals surface area contributed by atoms with E-state index in [4.69, 9.17) is 4.84 Å². The molecule has 0 aliphatic rings. The van der Waals surface area contributed by atoms with Crippen molar-refractivity contribution in [1.82, 2.24) is 10.8 Å². The van der Waals surface area contributed by atoms with Gasteiger partial charge >= 0.3 is 6.03 Å². The summed E-state index contributed by atoms with van der Waals surface area (Å²) in [5.41, 5.74) is 2.84. The Bertz CT molecular complexity index is 431. The van der Waals surface area contributed by atoms with Crippen molar-refractivity contribution in [3.63, 3.8) is 0 Å². The van der Waals surface area contributed by atoms with Crippen molar-refractivity contribution in [2.24, 2.45) is 0 Å². The SMILES string of the molecule is CCNC(=O)c1cc(NC(=O)NOCC)c(C)s1. The molecule has 1 rings (SSSR count). The van der Waals surface area contributed by atoms with Crippen molar-refractivity contribution in [1.29, 1.82) is 0 Å². The van der Waals surface area contributed by atoms with Crippen molar-refractivity contribution in [2.75, 3.05) is 18.5 Å². The number of thiophene rings is 1. The third-order valence-electron chi connectivity index (χ3n) is 2.04. The highest BCUT2D eigenvalue weighted by atomic mass is 32.1. The van der Waals surface area contributed by atoms with E-state index in [0.717, 1.165) is 4.88 Å². The average molecular weight is 271 g/mol. The Morgan fingerprint density at radius 3 is 2.72 bits per heavy atom. The summed E-state index contributed by atoms with van der Waals surface area (Å²) in [6, 6.07) is 1.19. The highest BCUT2D eigenvalue weighted by Gasteiger charge is 2.13. The van der Waals surface area contributed by atoms with Crippen LogP contribution in [0.4, 0.5) is 10.5 Å². The van der Waals surface area contributed by atoms with Gasteiger partial charge in [-0.15, -0.1) is 11.3 Å². The molecule has 0 aliphatic carbocycles. The summed E-state index contributed by atoms with van der Waals surface area (Å²) in [4.78, 5) is 29.2. The molecule has 0 saturated carbocycles. The highest BCUT2D eigenvalue weighted by Crippen LogP contribution is 2.26. The average Bonchev–Trinajstić information content (AvgIpc) is 2.69. The van der Waals surface area contributed by atoms with Gasteiger partial charge in [-0.05, 0) is 26.8 Å². The number of hydroxylamine groups is 1. The highest BCUT2D eigenvalue weighted by molar-refractivity contribution is 7.14. The normalized spacial score (nSPS) is 9.94. The fourth-order valence-electron chi connectivity index (χ4n) is 1.25. The second-order valence-electron chi connectivity index (χ2n) is 3.43. The Balaban J connectivity index is 2.67. The van der Waals surface area contributed by atoms with E-state index in [-0.39, 0.29) is 5.91 Å². The van der Waals surface area contributed by atoms with Crippen molar-refractivity contribution in [3.05, 3.63) is 15.8 Å². The van der Waals surface area contributed by atoms with E-state index in [9.17, 15) is 9.59 Å². The van der Waals surface area contributed by atoms with Crippen molar-refractivity contribution in [3.8, 4) is 0 Å². The molecule has 6 nitrogen and oxygen atoms in total. The molecule has 0 aromatic carbocycles. The minimum absolute atomic E-state index is 0.135. The zero-order valence-electron chi connectivity index (χ0n) is 10.6. The Morgan fingerprint density at radius 1 is 1.39 bits per heavy atom. The summed E-state index contributed by atoms with van der Waals surface area (Å²) < 4.78 is 0. The van der Waals surface area contributed by atoms with Gasteiger partial charge in [-0.1, -0.05) is 0 Å². The summed E-state index contributed by atoms with van der Waals surface area (Å²) in [6.07, 6.45) is 0. The summed E-state index contributed by atoms with van der Waals surface area (Å²) in [7, 11) is 0. The van der Waals surface area contributed by atoms with Gasteiger partial charge in [0.25, 0.3) is 5.91 Å². The van der Waals surface area contributed by atoms with Crippen LogP contribution in [0.15, 0.2) is 6.07 Å². The van der Waals surface area contributed by atoms with Crippen molar-refractivity contribution >= 4 is 29.0 Å². The smallest absolute Gasteiger partial charge is 0.343 e. The largest absolute Gasteiger partial charge is 0.352 e. The first-order valence-corrected chi connectivity index (χ1v) is 6.47. The molecule has 0 atom stereocenters. The summed E-state index contributed by atoms with van der Waals surface area (Å²) >= 11 is 1.33. The quantitative estimate of drug-likeness (QED) is 0.715. The van der Waals surface area contributed by atoms with Crippen LogP contribution in [0.2, 0.25) is 0 Å². The van der Waals surface area contributed by atoms with Crippen molar-refractivity contribution in [2.45, 2.75) is 20.8 Å². The van der Waals surface area contributed by atoms with Gasteiger partial charge in [0, 0.05) is 11.4 Å². The summed E-state index contributed by atoms with van der Waals surface area (Å²) in [6.45, 7) is 6.42. The zero-order valence-corrected chi connectivity index (χ0v) is 11.4. The molecule has 1 aromatic rings. The van der Waals surface area contributed by atoms with Gasteiger partial charge in [0.15, 0.2) is 0 Å². The summed E-state index contributed by atoms with van der Waals surface area (Å²) in [5.74, 6) is -0.135. The molecule has 1 aromatic heterocycles. The lowest BCUT2D eigenvalue weighted by Crippen LogP contribution is -2.28. The van der Waals surface area contributed by atoms with E-state index in [0.29, 0.717) is 23.7 Å². The van der Waals surface area contributed by atoms with E-state index in [1.165, 1.54) is 11.3 Å². The molecule has 1 heterocycles. The zero-order chi connectivity index (χ0) is 13.5. The van der Waals surface area contributed by atoms with Crippen LogP contribution in [0, 0.1) is 6.92 Å². The minimum atomic E-state index is -0.458. The Kier molecular flexibility index (Phi) is 5.60. The Morgan fingerprint density at radius 2 is 2.11 bits per heavy atom. The number of aryl methyl sites for hydroxylation is 1. The van der Waals surface area contributed by atoms with Gasteiger partial charge in [0.2, 0.25) is 0 Å². The minimum Gasteiger partial charge on any atom is -0.352 e. The predicted octanol–water partition coefficient (Wildman–Crippen LogP) is 1.88. The monoisotopic (exact) mass is 271 g/mol. The number of hydrogen-bond acceptors (Lipinski definition) is 4. The fourth-order valence-corrected chi connectivity index (χ4v) is 2.14. The van der Waals surface area contributed by atoms with E-state index in [1.54, 1.807) is 13.0 Å². The van der Waals surface area contributed by atoms with Crippen LogP contribution >= 0.6 is 11.3 Å². The first-order chi connectivity index (χ1) is 8.58. The molecule has 0 aliphatic heterocycles. The number of urea groups is 1. The predicted molar refractivity (Wildman–Crippen MR) is 70.8 cm³/mol. The van der Waals surface area contributed by atoms with Gasteiger partial charge < -0.3 is 10.6 Å². The molecule has 18 heavy (non-hydrogen) atoms. The number of amides is 3. The third-order valence-corrected chi connectivity index (χ3v) is 3.09. The molecular weight excluding hydrogens is 254 g/mol. The number of rotatable bonds is 5. The van der Waals surface area contributed by atoms with Crippen LogP contribution in [0.3, 0.4) is 0 Å². The number of carbonyl (C=O) groups excluding carboxylic acids is 2. The molecule has 3 amide bonds. The van der Waals surface area contributed by atoms with Gasteiger partial charge in [-0.3, -0.25) is 9.63 Å². The molecule has 7 heteroatoms. The fraction of sp³-hybridized carbons (Fsp3) is 0.455. The molecular formula is C11H17N3O3S. The first-order valence-electron chi connectivity index (χ1n) is 5.65. The maximum Gasteiger partial charge on any atom is 0.343 e. The third kappa shape index (κ3) is 4.01. The molecule has 3 N–H and O–H groups in total. The first kappa shape index (κ1) is 14.5. The molecule has 0 fully saturated rings. The molecule has 100 valence electrons. The van der Waals surface area contributed by atoms with Crippen LogP contribution < -0.4 is 16.1 Å². The van der Waals surface area contributed by atoms with Crippen LogP contribution in [0.25, 0.3) is 0 Å². The van der Waals surface area contributed by atoms with Gasteiger partial charge in [0.1, 0.15) is 0 Å². The lowest BCUT2D eigenvalue weighted by atomic mass is 10.3. The van der Waals surface area contributed by atoms with Gasteiger partial charge in [-0.25, -0.2) is 10.3 Å². The summed E-state index contributed by atoms with van der Waals surface area (Å²) in [5, 5.41) is 5.33. The standard InChI is InChI=1S/C11H17N3O3S/c1-4-12-10(15)9-6-8(7(3)18-9)13-11(16)14-17-5-2/h6H,4-5H2,1-3H3,(H,12,15)(H2,13,14,16). The second kappa shape index (κ2) is 6.97.